The molecular weight excluding hydrogens is 212 g/mol. The van der Waals surface area contributed by atoms with Crippen molar-refractivity contribution in [1.82, 2.24) is 10.3 Å². The number of hydrogen-bond acceptors (Lipinski definition) is 2. The van der Waals surface area contributed by atoms with Crippen LogP contribution < -0.4 is 5.32 Å². The van der Waals surface area contributed by atoms with E-state index in [2.05, 4.69) is 34.6 Å². The van der Waals surface area contributed by atoms with Crippen LogP contribution in [0.2, 0.25) is 0 Å². The van der Waals surface area contributed by atoms with Gasteiger partial charge < -0.3 is 15.0 Å². The maximum Gasteiger partial charge on any atom is 0.0477 e. The molecule has 1 aromatic heterocycles. The third kappa shape index (κ3) is 3.58. The van der Waals surface area contributed by atoms with Crippen molar-refractivity contribution in [3.05, 3.63) is 36.0 Å². The van der Waals surface area contributed by atoms with E-state index in [0.717, 1.165) is 43.6 Å². The Morgan fingerprint density at radius 1 is 1.41 bits per heavy atom. The lowest BCUT2D eigenvalue weighted by molar-refractivity contribution is 0.144. The van der Waals surface area contributed by atoms with Crippen molar-refractivity contribution in [2.24, 2.45) is 0 Å². The van der Waals surface area contributed by atoms with Crippen LogP contribution in [0.1, 0.15) is 18.9 Å². The second-order valence-electron chi connectivity index (χ2n) is 4.04. The van der Waals surface area contributed by atoms with E-state index in [1.165, 1.54) is 5.56 Å². The Balaban J connectivity index is 1.75. The minimum Gasteiger partial charge on any atom is -0.382 e. The first-order valence-electron chi connectivity index (χ1n) is 6.16. The largest absolute Gasteiger partial charge is 0.382 e. The Morgan fingerprint density at radius 2 is 2.35 bits per heavy atom. The fourth-order valence-corrected chi connectivity index (χ4v) is 1.81. The number of ether oxygens (including phenoxy) is 1. The van der Waals surface area contributed by atoms with Crippen LogP contribution in [0.3, 0.4) is 0 Å². The molecule has 0 atom stereocenters. The van der Waals surface area contributed by atoms with Gasteiger partial charge in [-0.25, -0.2) is 0 Å². The normalized spacial score (nSPS) is 11.1. The minimum absolute atomic E-state index is 0.806. The van der Waals surface area contributed by atoms with Crippen LogP contribution >= 0.6 is 0 Å². The average molecular weight is 231 g/mol. The molecule has 0 aliphatic rings. The quantitative estimate of drug-likeness (QED) is 0.718. The van der Waals surface area contributed by atoms with Gasteiger partial charge in [-0.3, -0.25) is 0 Å². The zero-order valence-corrected chi connectivity index (χ0v) is 10.3. The molecule has 0 unspecified atom stereocenters. The van der Waals surface area contributed by atoms with Crippen molar-refractivity contribution >= 4 is 10.9 Å². The predicted molar refractivity (Wildman–Crippen MR) is 70.0 cm³/mol. The number of benzene rings is 1. The lowest BCUT2D eigenvalue weighted by atomic mass is 10.1. The smallest absolute Gasteiger partial charge is 0.0477 e. The molecule has 2 rings (SSSR count). The Morgan fingerprint density at radius 3 is 3.24 bits per heavy atom. The molecule has 1 heterocycles. The van der Waals surface area contributed by atoms with Crippen molar-refractivity contribution in [3.8, 4) is 0 Å². The molecule has 0 aliphatic carbocycles. The first-order valence-corrected chi connectivity index (χ1v) is 6.16. The van der Waals surface area contributed by atoms with E-state index in [9.17, 15) is 0 Å². The number of aromatic amines is 1. The maximum absolute atomic E-state index is 5.28. The van der Waals surface area contributed by atoms with Crippen molar-refractivity contribution in [3.63, 3.8) is 0 Å². The fraction of sp³-hybridized carbons (Fsp3) is 0.429. The van der Waals surface area contributed by atoms with Crippen molar-refractivity contribution in [2.45, 2.75) is 19.9 Å². The predicted octanol–water partition coefficient (Wildman–Crippen LogP) is 2.48. The first kappa shape index (κ1) is 12.1. The molecule has 0 aliphatic heterocycles. The molecule has 1 aromatic carbocycles. The summed E-state index contributed by atoms with van der Waals surface area (Å²) in [7, 11) is 0. The van der Waals surface area contributed by atoms with Gasteiger partial charge in [0, 0.05) is 42.9 Å². The van der Waals surface area contributed by atoms with Crippen LogP contribution in [-0.2, 0) is 11.3 Å². The van der Waals surface area contributed by atoms with Gasteiger partial charge in [0.1, 0.15) is 0 Å². The molecule has 0 spiro atoms. The molecule has 0 amide bonds. The van der Waals surface area contributed by atoms with Crippen molar-refractivity contribution in [1.29, 1.82) is 0 Å². The highest BCUT2D eigenvalue weighted by atomic mass is 16.5. The summed E-state index contributed by atoms with van der Waals surface area (Å²) in [6.07, 6.45) is 2.91. The number of H-pyrrole nitrogens is 1. The summed E-state index contributed by atoms with van der Waals surface area (Å²) < 4.78 is 5.28. The number of nitrogens with one attached hydrogen (secondary N) is 2. The Bertz CT molecular complexity index is 450. The standard InChI is InChI=1S/C14H19N2O/c1-2-17-9-3-7-15-11-12-4-5-13-6-8-16-14(13)10-12/h4-5,8,10,15-16H,2-3,7,9,11H2,1H3. The zero-order valence-electron chi connectivity index (χ0n) is 10.3. The Hall–Kier alpha value is -1.32. The van der Waals surface area contributed by atoms with Crippen LogP contribution in [0.4, 0.5) is 0 Å². The summed E-state index contributed by atoms with van der Waals surface area (Å²) in [5, 5.41) is 4.56. The molecule has 2 N–H and O–H groups in total. The van der Waals surface area contributed by atoms with E-state index < -0.39 is 0 Å². The summed E-state index contributed by atoms with van der Waals surface area (Å²) in [6.45, 7) is 5.57. The molecule has 17 heavy (non-hydrogen) atoms. The maximum atomic E-state index is 5.28. The van der Waals surface area contributed by atoms with Gasteiger partial charge in [0.05, 0.1) is 0 Å². The summed E-state index contributed by atoms with van der Waals surface area (Å²) in [6, 6.07) is 9.55. The molecule has 0 saturated heterocycles. The van der Waals surface area contributed by atoms with Crippen LogP contribution in [0.25, 0.3) is 10.9 Å². The van der Waals surface area contributed by atoms with Gasteiger partial charge in [-0.15, -0.1) is 0 Å². The van der Waals surface area contributed by atoms with Gasteiger partial charge in [0.2, 0.25) is 0 Å². The van der Waals surface area contributed by atoms with Gasteiger partial charge in [0.25, 0.3) is 0 Å². The van der Waals surface area contributed by atoms with Crippen molar-refractivity contribution < 1.29 is 4.74 Å². The van der Waals surface area contributed by atoms with Gasteiger partial charge in [-0.05, 0) is 31.5 Å². The monoisotopic (exact) mass is 231 g/mol. The van der Waals surface area contributed by atoms with Gasteiger partial charge in [0.15, 0.2) is 0 Å². The third-order valence-electron chi connectivity index (χ3n) is 2.71. The third-order valence-corrected chi connectivity index (χ3v) is 2.71. The molecule has 91 valence electrons. The lowest BCUT2D eigenvalue weighted by Crippen LogP contribution is -2.16. The number of hydrogen-bond donors (Lipinski definition) is 2. The first-order chi connectivity index (χ1) is 8.40. The van der Waals surface area contributed by atoms with E-state index >= 15 is 0 Å². The molecule has 0 saturated carbocycles. The minimum atomic E-state index is 0.806. The number of fused-ring (bicyclic) bond motifs is 1. The lowest BCUT2D eigenvalue weighted by Gasteiger charge is -2.05. The van der Waals surface area contributed by atoms with E-state index in [0.29, 0.717) is 0 Å². The molecule has 0 fully saturated rings. The highest BCUT2D eigenvalue weighted by Crippen LogP contribution is 2.13. The summed E-state index contributed by atoms with van der Waals surface area (Å²) in [5.41, 5.74) is 2.45. The Kier molecular flexibility index (Phi) is 4.59. The summed E-state index contributed by atoms with van der Waals surface area (Å²) in [4.78, 5) is 3.17. The van der Waals surface area contributed by atoms with Gasteiger partial charge in [-0.2, -0.15) is 0 Å². The van der Waals surface area contributed by atoms with Crippen molar-refractivity contribution in [2.75, 3.05) is 19.8 Å². The molecule has 0 bridgehead atoms. The highest BCUT2D eigenvalue weighted by Gasteiger charge is 1.97. The Labute approximate surface area is 102 Å². The van der Waals surface area contributed by atoms with Gasteiger partial charge in [-0.1, -0.05) is 12.1 Å². The molecule has 2 aromatic rings. The average Bonchev–Trinajstić information content (AvgIpc) is 2.81. The van der Waals surface area contributed by atoms with Crippen LogP contribution in [0.15, 0.2) is 24.4 Å². The van der Waals surface area contributed by atoms with E-state index in [1.54, 1.807) is 0 Å². The van der Waals surface area contributed by atoms with E-state index in [1.807, 2.05) is 13.1 Å². The molecule has 3 nitrogen and oxygen atoms in total. The van der Waals surface area contributed by atoms with Crippen LogP contribution in [-0.4, -0.2) is 24.7 Å². The number of aromatic nitrogens is 1. The zero-order chi connectivity index (χ0) is 11.9. The summed E-state index contributed by atoms with van der Waals surface area (Å²) in [5.74, 6) is 0. The SMILES string of the molecule is CCOCCCNCc1ccc2[c]c[nH]c2c1. The molecule has 1 radical (unpaired) electrons. The molecular formula is C14H19N2O. The molecule has 3 heteroatoms. The van der Waals surface area contributed by atoms with E-state index in [-0.39, 0.29) is 0 Å². The fourth-order valence-electron chi connectivity index (χ4n) is 1.81. The topological polar surface area (TPSA) is 37.0 Å². The van der Waals surface area contributed by atoms with Crippen LogP contribution in [0, 0.1) is 6.07 Å². The second kappa shape index (κ2) is 6.42. The number of rotatable bonds is 7. The second-order valence-corrected chi connectivity index (χ2v) is 4.04. The highest BCUT2D eigenvalue weighted by molar-refractivity contribution is 5.79. The summed E-state index contributed by atoms with van der Waals surface area (Å²) >= 11 is 0. The van der Waals surface area contributed by atoms with Crippen LogP contribution in [0.5, 0.6) is 0 Å². The van der Waals surface area contributed by atoms with Gasteiger partial charge >= 0.3 is 0 Å². The van der Waals surface area contributed by atoms with E-state index in [4.69, 9.17) is 4.74 Å².